The lowest BCUT2D eigenvalue weighted by Crippen LogP contribution is -2.00. The zero-order chi connectivity index (χ0) is 27.4. The molecule has 0 saturated heterocycles. The molecule has 7 nitrogen and oxygen atoms in total. The Hall–Kier alpha value is -5.82. The number of nitrogens with zero attached hydrogens (tertiary/aromatic N) is 7. The van der Waals surface area contributed by atoms with Crippen LogP contribution in [0.1, 0.15) is 0 Å². The van der Waals surface area contributed by atoms with E-state index in [2.05, 4.69) is 21.4 Å². The van der Waals surface area contributed by atoms with Gasteiger partial charge in [-0.1, -0.05) is 108 Å². The first-order valence-electron chi connectivity index (χ1n) is 13.2. The second-order valence-electron chi connectivity index (χ2n) is 9.43. The minimum absolute atomic E-state index is 0.610. The third-order valence-electron chi connectivity index (χ3n) is 6.70. The van der Waals surface area contributed by atoms with E-state index in [1.807, 2.05) is 128 Å². The molecule has 0 saturated carbocycles. The molecule has 4 aromatic carbocycles. The highest BCUT2D eigenvalue weighted by atomic mass is 15.4. The molecule has 0 aliphatic heterocycles. The molecule has 7 heteroatoms. The Balaban J connectivity index is 1.20. The highest BCUT2D eigenvalue weighted by molar-refractivity contribution is 5.69. The Morgan fingerprint density at radius 2 is 1.00 bits per heavy atom. The molecule has 0 aliphatic carbocycles. The molecule has 0 unspecified atom stereocenters. The van der Waals surface area contributed by atoms with E-state index in [0.717, 1.165) is 44.9 Å². The van der Waals surface area contributed by atoms with E-state index in [-0.39, 0.29) is 0 Å². The van der Waals surface area contributed by atoms with Crippen LogP contribution in [0, 0.1) is 0 Å². The molecule has 0 bridgehead atoms. The second kappa shape index (κ2) is 10.7. The first-order valence-corrected chi connectivity index (χ1v) is 13.2. The molecule has 0 spiro atoms. The van der Waals surface area contributed by atoms with E-state index in [0.29, 0.717) is 17.5 Å². The SMILES string of the molecule is c1ccc(-c2nc(-c3ccccc3)nc(-c3ccc(-c4cn(-c5cccc(-c6ccccn6)c5)nn4)cc3)n2)cc1. The summed E-state index contributed by atoms with van der Waals surface area (Å²) >= 11 is 0. The fourth-order valence-electron chi connectivity index (χ4n) is 4.59. The van der Waals surface area contributed by atoms with E-state index in [9.17, 15) is 0 Å². The predicted octanol–water partition coefficient (Wildman–Crippen LogP) is 7.18. The Kier molecular flexibility index (Phi) is 6.35. The van der Waals surface area contributed by atoms with Crippen molar-refractivity contribution in [2.24, 2.45) is 0 Å². The van der Waals surface area contributed by atoms with Crippen LogP contribution in [0.4, 0.5) is 0 Å². The minimum Gasteiger partial charge on any atom is -0.256 e. The van der Waals surface area contributed by atoms with E-state index < -0.39 is 0 Å². The van der Waals surface area contributed by atoms with Gasteiger partial charge in [0.25, 0.3) is 0 Å². The lowest BCUT2D eigenvalue weighted by Gasteiger charge is -2.08. The van der Waals surface area contributed by atoms with E-state index in [1.54, 1.807) is 10.9 Å². The largest absolute Gasteiger partial charge is 0.256 e. The first kappa shape index (κ1) is 24.2. The van der Waals surface area contributed by atoms with Gasteiger partial charge in [-0.25, -0.2) is 19.6 Å². The van der Waals surface area contributed by atoms with Crippen molar-refractivity contribution in [2.45, 2.75) is 0 Å². The van der Waals surface area contributed by atoms with Crippen LogP contribution >= 0.6 is 0 Å². The molecule has 7 rings (SSSR count). The molecule has 194 valence electrons. The number of hydrogen-bond acceptors (Lipinski definition) is 6. The van der Waals surface area contributed by atoms with Crippen molar-refractivity contribution >= 4 is 0 Å². The first-order chi connectivity index (χ1) is 20.3. The summed E-state index contributed by atoms with van der Waals surface area (Å²) in [7, 11) is 0. The van der Waals surface area contributed by atoms with Gasteiger partial charge in [0.15, 0.2) is 17.5 Å². The maximum absolute atomic E-state index is 4.82. The summed E-state index contributed by atoms with van der Waals surface area (Å²) in [5, 5.41) is 8.81. The highest BCUT2D eigenvalue weighted by Crippen LogP contribution is 2.27. The summed E-state index contributed by atoms with van der Waals surface area (Å²) in [6.45, 7) is 0. The second-order valence-corrected chi connectivity index (χ2v) is 9.43. The van der Waals surface area contributed by atoms with Gasteiger partial charge in [-0.2, -0.15) is 0 Å². The number of pyridine rings is 1. The van der Waals surface area contributed by atoms with Gasteiger partial charge in [0.1, 0.15) is 5.69 Å². The molecule has 41 heavy (non-hydrogen) atoms. The molecule has 7 aromatic rings. The smallest absolute Gasteiger partial charge is 0.164 e. The average Bonchev–Trinajstić information content (AvgIpc) is 3.57. The number of aromatic nitrogens is 7. The predicted molar refractivity (Wildman–Crippen MR) is 160 cm³/mol. The number of hydrogen-bond donors (Lipinski definition) is 0. The van der Waals surface area contributed by atoms with E-state index in [4.69, 9.17) is 15.0 Å². The fourth-order valence-corrected chi connectivity index (χ4v) is 4.59. The molecule has 0 N–H and O–H groups in total. The summed E-state index contributed by atoms with van der Waals surface area (Å²) in [5.41, 5.74) is 7.33. The Morgan fingerprint density at radius 3 is 1.61 bits per heavy atom. The lowest BCUT2D eigenvalue weighted by atomic mass is 10.1. The Bertz CT molecular complexity index is 1860. The van der Waals surface area contributed by atoms with Crippen LogP contribution in [-0.4, -0.2) is 34.9 Å². The fraction of sp³-hybridized carbons (Fsp3) is 0. The summed E-state index contributed by atoms with van der Waals surface area (Å²) in [6.07, 6.45) is 3.72. The zero-order valence-corrected chi connectivity index (χ0v) is 21.9. The number of benzene rings is 4. The lowest BCUT2D eigenvalue weighted by molar-refractivity contribution is 0.804. The Labute approximate surface area is 236 Å². The molecule has 0 radical (unpaired) electrons. The third-order valence-corrected chi connectivity index (χ3v) is 6.70. The van der Waals surface area contributed by atoms with Crippen LogP contribution in [0.15, 0.2) is 140 Å². The van der Waals surface area contributed by atoms with Crippen LogP contribution in [0.5, 0.6) is 0 Å². The monoisotopic (exact) mass is 529 g/mol. The molecular weight excluding hydrogens is 506 g/mol. The van der Waals surface area contributed by atoms with Crippen LogP contribution in [0.3, 0.4) is 0 Å². The van der Waals surface area contributed by atoms with Crippen LogP contribution in [0.25, 0.3) is 62.4 Å². The van der Waals surface area contributed by atoms with Crippen LogP contribution in [0.2, 0.25) is 0 Å². The van der Waals surface area contributed by atoms with E-state index >= 15 is 0 Å². The van der Waals surface area contributed by atoms with Crippen LogP contribution in [-0.2, 0) is 0 Å². The summed E-state index contributed by atoms with van der Waals surface area (Å²) < 4.78 is 1.78. The van der Waals surface area contributed by atoms with Gasteiger partial charge in [-0.15, -0.1) is 5.10 Å². The maximum Gasteiger partial charge on any atom is 0.164 e. The topological polar surface area (TPSA) is 82.3 Å². The van der Waals surface area contributed by atoms with Gasteiger partial charge in [-0.3, -0.25) is 4.98 Å². The minimum atomic E-state index is 0.610. The van der Waals surface area contributed by atoms with Gasteiger partial charge in [0.05, 0.1) is 17.6 Å². The molecule has 0 aliphatic rings. The Morgan fingerprint density at radius 1 is 0.439 bits per heavy atom. The molecule has 0 fully saturated rings. The molecule has 0 amide bonds. The summed E-state index contributed by atoms with van der Waals surface area (Å²) in [4.78, 5) is 18.9. The van der Waals surface area contributed by atoms with Gasteiger partial charge in [-0.05, 0) is 24.3 Å². The van der Waals surface area contributed by atoms with Crippen molar-refractivity contribution in [2.75, 3.05) is 0 Å². The third kappa shape index (κ3) is 5.12. The van der Waals surface area contributed by atoms with Crippen molar-refractivity contribution in [1.82, 2.24) is 34.9 Å². The average molecular weight is 530 g/mol. The zero-order valence-electron chi connectivity index (χ0n) is 21.9. The summed E-state index contributed by atoms with van der Waals surface area (Å²) in [5.74, 6) is 1.88. The number of rotatable bonds is 6. The van der Waals surface area contributed by atoms with E-state index in [1.165, 1.54) is 0 Å². The van der Waals surface area contributed by atoms with Gasteiger partial charge in [0.2, 0.25) is 0 Å². The molecule has 3 heterocycles. The van der Waals surface area contributed by atoms with Crippen molar-refractivity contribution in [1.29, 1.82) is 0 Å². The van der Waals surface area contributed by atoms with Gasteiger partial charge < -0.3 is 0 Å². The van der Waals surface area contributed by atoms with Crippen molar-refractivity contribution in [3.05, 3.63) is 140 Å². The normalized spacial score (nSPS) is 10.9. The molecular formula is C34H23N7. The van der Waals surface area contributed by atoms with Gasteiger partial charge in [0, 0.05) is 34.0 Å². The molecule has 0 atom stereocenters. The standard InChI is InChI=1S/C34H23N7/c1-3-10-25(11-4-1)32-36-33(26-12-5-2-6-13-26)38-34(37-32)27-19-17-24(18-20-27)31-23-41(40-39-31)29-15-9-14-28(22-29)30-16-7-8-21-35-30/h1-23H. The highest BCUT2D eigenvalue weighted by Gasteiger charge is 2.13. The molecule has 3 aromatic heterocycles. The van der Waals surface area contributed by atoms with Gasteiger partial charge >= 0.3 is 0 Å². The van der Waals surface area contributed by atoms with Crippen molar-refractivity contribution < 1.29 is 0 Å². The van der Waals surface area contributed by atoms with Crippen LogP contribution < -0.4 is 0 Å². The quantitative estimate of drug-likeness (QED) is 0.227. The van der Waals surface area contributed by atoms with Crippen molar-refractivity contribution in [3.8, 4) is 62.4 Å². The van der Waals surface area contributed by atoms with Crippen molar-refractivity contribution in [3.63, 3.8) is 0 Å². The summed E-state index contributed by atoms with van der Waals surface area (Å²) in [6, 6.07) is 42.0. The maximum atomic E-state index is 4.82.